The molecule has 0 aromatic heterocycles. The van der Waals surface area contributed by atoms with Gasteiger partial charge in [-0.15, -0.1) is 0 Å². The SMILES string of the molecule is COC(=O)c1ccc2c(c1)-c1c(C)cc(OCC3(O)CCS(O)(O)CC3)cc1CCO2. The average Bonchev–Trinajstić information content (AvgIpc) is 2.93. The molecule has 3 N–H and O–H groups in total. The number of carbonyl (C=O) groups is 1. The van der Waals surface area contributed by atoms with Crippen molar-refractivity contribution in [3.63, 3.8) is 0 Å². The Hall–Kier alpha value is -2.26. The molecule has 7 nitrogen and oxygen atoms in total. The first-order valence-corrected chi connectivity index (χ1v) is 12.2. The fourth-order valence-corrected chi connectivity index (χ4v) is 5.77. The second-order valence-corrected chi connectivity index (χ2v) is 10.7. The standard InChI is InChI=1S/C23H28O7S/c1-15-11-18(30-14-23(25)6-9-31(26,27)10-7-23)12-16-5-8-29-20-4-3-17(22(24)28-2)13-19(20)21(15)16/h3-4,11-13,25-27H,5-10,14H2,1-2H3. The fraction of sp³-hybridized carbons (Fsp3) is 0.435. The van der Waals surface area contributed by atoms with E-state index in [0.29, 0.717) is 37.2 Å². The Balaban J connectivity index is 1.60. The van der Waals surface area contributed by atoms with Crippen LogP contribution in [0.2, 0.25) is 0 Å². The fourth-order valence-electron chi connectivity index (χ4n) is 4.15. The van der Waals surface area contributed by atoms with Gasteiger partial charge < -0.3 is 19.3 Å². The van der Waals surface area contributed by atoms with E-state index in [-0.39, 0.29) is 18.1 Å². The maximum atomic E-state index is 12.0. The van der Waals surface area contributed by atoms with Crippen LogP contribution in [0, 0.1) is 6.92 Å². The van der Waals surface area contributed by atoms with Crippen LogP contribution in [0.4, 0.5) is 0 Å². The van der Waals surface area contributed by atoms with Crippen molar-refractivity contribution in [2.24, 2.45) is 0 Å². The largest absolute Gasteiger partial charge is 0.493 e. The number of aryl methyl sites for hydroxylation is 1. The van der Waals surface area contributed by atoms with Crippen LogP contribution < -0.4 is 9.47 Å². The van der Waals surface area contributed by atoms with E-state index in [0.717, 1.165) is 28.0 Å². The Kier molecular flexibility index (Phi) is 5.91. The van der Waals surface area contributed by atoms with E-state index < -0.39 is 22.2 Å². The highest BCUT2D eigenvalue weighted by molar-refractivity contribution is 8.24. The summed E-state index contributed by atoms with van der Waals surface area (Å²) in [6.07, 6.45) is 1.29. The topological polar surface area (TPSA) is 105 Å². The second-order valence-electron chi connectivity index (χ2n) is 8.30. The molecule has 0 bridgehead atoms. The lowest BCUT2D eigenvalue weighted by Crippen LogP contribution is -2.42. The van der Waals surface area contributed by atoms with Gasteiger partial charge in [0.1, 0.15) is 23.7 Å². The number of aliphatic hydroxyl groups is 1. The van der Waals surface area contributed by atoms with Crippen LogP contribution in [-0.2, 0) is 11.2 Å². The third-order valence-corrected chi connectivity index (χ3v) is 7.70. The summed E-state index contributed by atoms with van der Waals surface area (Å²) in [7, 11) is -1.20. The molecule has 2 aliphatic heterocycles. The van der Waals surface area contributed by atoms with Crippen LogP contribution in [0.1, 0.15) is 34.3 Å². The molecule has 4 rings (SSSR count). The van der Waals surface area contributed by atoms with Gasteiger partial charge >= 0.3 is 5.97 Å². The van der Waals surface area contributed by atoms with Crippen molar-refractivity contribution in [3.05, 3.63) is 47.0 Å². The second kappa shape index (κ2) is 8.35. The molecule has 31 heavy (non-hydrogen) atoms. The van der Waals surface area contributed by atoms with Crippen LogP contribution in [0.3, 0.4) is 0 Å². The van der Waals surface area contributed by atoms with Gasteiger partial charge in [0.05, 0.1) is 19.3 Å². The predicted octanol–water partition coefficient (Wildman–Crippen LogP) is 4.04. The highest BCUT2D eigenvalue weighted by atomic mass is 32.3. The summed E-state index contributed by atoms with van der Waals surface area (Å²) in [6.45, 7) is 2.58. The van der Waals surface area contributed by atoms with Crippen molar-refractivity contribution in [3.8, 4) is 22.6 Å². The normalized spacial score (nSPS) is 19.8. The molecule has 2 aromatic carbocycles. The number of carbonyl (C=O) groups excluding carboxylic acids is 1. The van der Waals surface area contributed by atoms with E-state index in [9.17, 15) is 19.0 Å². The minimum Gasteiger partial charge on any atom is -0.493 e. The Morgan fingerprint density at radius 3 is 2.65 bits per heavy atom. The van der Waals surface area contributed by atoms with E-state index in [1.54, 1.807) is 18.2 Å². The molecule has 0 radical (unpaired) electrons. The average molecular weight is 449 g/mol. The zero-order chi connectivity index (χ0) is 22.2. The maximum Gasteiger partial charge on any atom is 0.337 e. The summed E-state index contributed by atoms with van der Waals surface area (Å²) >= 11 is 0. The predicted molar refractivity (Wildman–Crippen MR) is 119 cm³/mol. The Morgan fingerprint density at radius 1 is 1.19 bits per heavy atom. The van der Waals surface area contributed by atoms with Crippen molar-refractivity contribution >= 4 is 16.6 Å². The summed E-state index contributed by atoms with van der Waals surface area (Å²) in [4.78, 5) is 12.0. The number of fused-ring (bicyclic) bond motifs is 3. The van der Waals surface area contributed by atoms with Crippen molar-refractivity contribution < 1.29 is 33.2 Å². The third-order valence-electron chi connectivity index (χ3n) is 5.99. The lowest BCUT2D eigenvalue weighted by molar-refractivity contribution is -0.0140. The van der Waals surface area contributed by atoms with Crippen LogP contribution in [-0.4, -0.2) is 57.6 Å². The van der Waals surface area contributed by atoms with E-state index in [1.807, 2.05) is 19.1 Å². The van der Waals surface area contributed by atoms with Gasteiger partial charge in [-0.25, -0.2) is 4.79 Å². The summed E-state index contributed by atoms with van der Waals surface area (Å²) in [5.41, 5.74) is 3.27. The first kappa shape index (κ1) is 22.0. The van der Waals surface area contributed by atoms with Gasteiger partial charge in [-0.05, 0) is 66.8 Å². The lowest BCUT2D eigenvalue weighted by atomic mass is 9.92. The number of esters is 1. The number of rotatable bonds is 4. The van der Waals surface area contributed by atoms with E-state index in [1.165, 1.54) is 7.11 Å². The molecule has 0 saturated carbocycles. The monoisotopic (exact) mass is 448 g/mol. The number of ether oxygens (including phenoxy) is 3. The van der Waals surface area contributed by atoms with Gasteiger partial charge in [0.15, 0.2) is 0 Å². The van der Waals surface area contributed by atoms with Crippen molar-refractivity contribution in [1.29, 1.82) is 0 Å². The summed E-state index contributed by atoms with van der Waals surface area (Å²) in [5.74, 6) is 1.37. The van der Waals surface area contributed by atoms with Gasteiger partial charge in [-0.3, -0.25) is 9.11 Å². The molecule has 1 saturated heterocycles. The number of benzene rings is 2. The van der Waals surface area contributed by atoms with Crippen LogP contribution in [0.5, 0.6) is 11.5 Å². The molecule has 0 atom stereocenters. The molecule has 0 aliphatic carbocycles. The number of hydrogen-bond donors (Lipinski definition) is 3. The quantitative estimate of drug-likeness (QED) is 0.606. The lowest BCUT2D eigenvalue weighted by Gasteiger charge is -2.43. The van der Waals surface area contributed by atoms with Gasteiger partial charge in [-0.1, -0.05) is 0 Å². The van der Waals surface area contributed by atoms with Crippen molar-refractivity contribution in [2.45, 2.75) is 31.8 Å². The molecule has 168 valence electrons. The molecule has 0 spiro atoms. The van der Waals surface area contributed by atoms with Crippen LogP contribution in [0.25, 0.3) is 11.1 Å². The van der Waals surface area contributed by atoms with Crippen LogP contribution in [0.15, 0.2) is 30.3 Å². The summed E-state index contributed by atoms with van der Waals surface area (Å²) < 4.78 is 36.3. The molecule has 2 heterocycles. The first-order chi connectivity index (χ1) is 14.7. The molecule has 2 aromatic rings. The number of hydrogen-bond acceptors (Lipinski definition) is 7. The van der Waals surface area contributed by atoms with Crippen LogP contribution >= 0.6 is 10.6 Å². The van der Waals surface area contributed by atoms with E-state index in [4.69, 9.17) is 14.2 Å². The van der Waals surface area contributed by atoms with Gasteiger partial charge in [-0.2, -0.15) is 10.6 Å². The Bertz CT molecular complexity index is 992. The number of methoxy groups -OCH3 is 1. The van der Waals surface area contributed by atoms with Crippen molar-refractivity contribution in [2.75, 3.05) is 31.8 Å². The van der Waals surface area contributed by atoms with E-state index >= 15 is 0 Å². The zero-order valence-corrected chi connectivity index (χ0v) is 18.5. The third kappa shape index (κ3) is 4.67. The minimum absolute atomic E-state index is 0.0975. The molecular formula is C23H28O7S. The molecule has 8 heteroatoms. The van der Waals surface area contributed by atoms with Gasteiger partial charge in [0.25, 0.3) is 0 Å². The highest BCUT2D eigenvalue weighted by Crippen LogP contribution is 2.47. The molecule has 1 fully saturated rings. The Morgan fingerprint density at radius 2 is 1.94 bits per heavy atom. The minimum atomic E-state index is -2.56. The maximum absolute atomic E-state index is 12.0. The van der Waals surface area contributed by atoms with Crippen molar-refractivity contribution in [1.82, 2.24) is 0 Å². The Labute approximate surface area is 183 Å². The molecular weight excluding hydrogens is 420 g/mol. The van der Waals surface area contributed by atoms with E-state index in [2.05, 4.69) is 0 Å². The summed E-state index contributed by atoms with van der Waals surface area (Å²) in [5, 5.41) is 10.8. The smallest absolute Gasteiger partial charge is 0.337 e. The highest BCUT2D eigenvalue weighted by Gasteiger charge is 2.36. The summed E-state index contributed by atoms with van der Waals surface area (Å²) in [6, 6.07) is 9.15. The molecule has 0 amide bonds. The van der Waals surface area contributed by atoms with Gasteiger partial charge in [0, 0.05) is 23.5 Å². The zero-order valence-electron chi connectivity index (χ0n) is 17.7. The molecule has 2 aliphatic rings. The first-order valence-electron chi connectivity index (χ1n) is 10.3. The van der Waals surface area contributed by atoms with Gasteiger partial charge in [0.2, 0.25) is 0 Å². The molecule has 0 unspecified atom stereocenters.